The Morgan fingerprint density at radius 1 is 1.24 bits per heavy atom. The van der Waals surface area contributed by atoms with E-state index in [1.807, 2.05) is 38.1 Å². The SMILES string of the molecule is CC(C)NC(=O)NC(=O)[C@H](C)Sc1nc2ccccc2[nH]1. The van der Waals surface area contributed by atoms with Crippen molar-refractivity contribution in [1.82, 2.24) is 20.6 Å². The topological polar surface area (TPSA) is 86.9 Å². The van der Waals surface area contributed by atoms with Crippen LogP contribution < -0.4 is 10.6 Å². The third-order valence-corrected chi connectivity index (χ3v) is 3.67. The highest BCUT2D eigenvalue weighted by atomic mass is 32.2. The number of H-pyrrole nitrogens is 1. The second kappa shape index (κ2) is 6.62. The summed E-state index contributed by atoms with van der Waals surface area (Å²) in [5, 5.41) is 5.15. The summed E-state index contributed by atoms with van der Waals surface area (Å²) >= 11 is 1.28. The van der Waals surface area contributed by atoms with Crippen LogP contribution in [0.3, 0.4) is 0 Å². The number of amides is 3. The zero-order valence-electron chi connectivity index (χ0n) is 12.1. The van der Waals surface area contributed by atoms with Gasteiger partial charge in [-0.2, -0.15) is 0 Å². The number of rotatable bonds is 4. The number of carbonyl (C=O) groups excluding carboxylic acids is 2. The first kappa shape index (κ1) is 15.4. The highest BCUT2D eigenvalue weighted by molar-refractivity contribution is 8.00. The molecule has 0 saturated carbocycles. The molecule has 3 N–H and O–H groups in total. The molecule has 0 bridgehead atoms. The van der Waals surface area contributed by atoms with Gasteiger partial charge in [-0.25, -0.2) is 9.78 Å². The van der Waals surface area contributed by atoms with Gasteiger partial charge in [-0.1, -0.05) is 23.9 Å². The number of imidazole rings is 1. The highest BCUT2D eigenvalue weighted by Gasteiger charge is 2.18. The molecule has 0 saturated heterocycles. The van der Waals surface area contributed by atoms with Gasteiger partial charge in [0.2, 0.25) is 5.91 Å². The van der Waals surface area contributed by atoms with Crippen LogP contribution in [0.4, 0.5) is 4.79 Å². The summed E-state index contributed by atoms with van der Waals surface area (Å²) < 4.78 is 0. The lowest BCUT2D eigenvalue weighted by Gasteiger charge is -2.12. The molecule has 1 atom stereocenters. The van der Waals surface area contributed by atoms with Crippen LogP contribution in [-0.4, -0.2) is 33.2 Å². The smallest absolute Gasteiger partial charge is 0.321 e. The number of aromatic nitrogens is 2. The van der Waals surface area contributed by atoms with Gasteiger partial charge in [0.15, 0.2) is 5.16 Å². The van der Waals surface area contributed by atoms with Crippen LogP contribution in [0, 0.1) is 0 Å². The van der Waals surface area contributed by atoms with E-state index >= 15 is 0 Å². The van der Waals surface area contributed by atoms with E-state index in [1.165, 1.54) is 11.8 Å². The summed E-state index contributed by atoms with van der Waals surface area (Å²) in [4.78, 5) is 30.9. The van der Waals surface area contributed by atoms with Crippen LogP contribution in [0.15, 0.2) is 29.4 Å². The number of benzene rings is 1. The number of nitrogens with zero attached hydrogens (tertiary/aromatic N) is 1. The monoisotopic (exact) mass is 306 g/mol. The van der Waals surface area contributed by atoms with Gasteiger partial charge < -0.3 is 10.3 Å². The fourth-order valence-electron chi connectivity index (χ4n) is 1.72. The Morgan fingerprint density at radius 2 is 1.95 bits per heavy atom. The lowest BCUT2D eigenvalue weighted by atomic mass is 10.3. The van der Waals surface area contributed by atoms with Gasteiger partial charge in [0.05, 0.1) is 16.3 Å². The lowest BCUT2D eigenvalue weighted by Crippen LogP contribution is -2.45. The van der Waals surface area contributed by atoms with Gasteiger partial charge in [-0.15, -0.1) is 0 Å². The second-order valence-corrected chi connectivity index (χ2v) is 6.27. The van der Waals surface area contributed by atoms with Crippen LogP contribution in [0.5, 0.6) is 0 Å². The minimum atomic E-state index is -0.480. The minimum Gasteiger partial charge on any atom is -0.336 e. The molecule has 3 amide bonds. The Kier molecular flexibility index (Phi) is 4.85. The van der Waals surface area contributed by atoms with E-state index in [1.54, 1.807) is 6.92 Å². The third-order valence-electron chi connectivity index (χ3n) is 2.68. The van der Waals surface area contributed by atoms with Crippen LogP contribution in [0.1, 0.15) is 20.8 Å². The highest BCUT2D eigenvalue weighted by Crippen LogP contribution is 2.23. The first-order chi connectivity index (χ1) is 9.95. The van der Waals surface area contributed by atoms with E-state index in [4.69, 9.17) is 0 Å². The van der Waals surface area contributed by atoms with E-state index in [-0.39, 0.29) is 11.9 Å². The first-order valence-electron chi connectivity index (χ1n) is 6.68. The van der Waals surface area contributed by atoms with E-state index in [0.717, 1.165) is 11.0 Å². The van der Waals surface area contributed by atoms with Crippen molar-refractivity contribution in [2.75, 3.05) is 0 Å². The van der Waals surface area contributed by atoms with Gasteiger partial charge in [0, 0.05) is 6.04 Å². The number of carbonyl (C=O) groups is 2. The molecule has 7 heteroatoms. The lowest BCUT2D eigenvalue weighted by molar-refractivity contribution is -0.119. The fraction of sp³-hybridized carbons (Fsp3) is 0.357. The van der Waals surface area contributed by atoms with E-state index in [9.17, 15) is 9.59 Å². The molecule has 112 valence electrons. The van der Waals surface area contributed by atoms with Crippen molar-refractivity contribution < 1.29 is 9.59 Å². The molecule has 1 heterocycles. The zero-order valence-corrected chi connectivity index (χ0v) is 13.0. The maximum Gasteiger partial charge on any atom is 0.321 e. The molecule has 2 aromatic rings. The summed E-state index contributed by atoms with van der Waals surface area (Å²) in [7, 11) is 0. The number of hydrogen-bond donors (Lipinski definition) is 3. The van der Waals surface area contributed by atoms with Crippen molar-refractivity contribution in [2.24, 2.45) is 0 Å². The Bertz CT molecular complexity index is 620. The maximum atomic E-state index is 11.9. The molecule has 1 aromatic carbocycles. The van der Waals surface area contributed by atoms with Crippen LogP contribution >= 0.6 is 11.8 Å². The first-order valence-corrected chi connectivity index (χ1v) is 7.56. The standard InChI is InChI=1S/C14H18N4O2S/c1-8(2)15-13(20)18-12(19)9(3)21-14-16-10-6-4-5-7-11(10)17-14/h4-9H,1-3H3,(H,16,17)(H2,15,18,19,20)/t9-/m0/s1. The molecular formula is C14H18N4O2S. The van der Waals surface area contributed by atoms with Crippen molar-refractivity contribution in [1.29, 1.82) is 0 Å². The number of imide groups is 1. The molecule has 2 rings (SSSR count). The summed E-state index contributed by atoms with van der Waals surface area (Å²) in [6.45, 7) is 5.39. The van der Waals surface area contributed by atoms with Gasteiger partial charge >= 0.3 is 6.03 Å². The molecule has 0 aliphatic heterocycles. The molecule has 0 aliphatic carbocycles. The Balaban J connectivity index is 1.95. The molecule has 1 aromatic heterocycles. The van der Waals surface area contributed by atoms with Crippen molar-refractivity contribution in [3.8, 4) is 0 Å². The van der Waals surface area contributed by atoms with E-state index < -0.39 is 11.3 Å². The van der Waals surface area contributed by atoms with Gasteiger partial charge in [0.1, 0.15) is 0 Å². The fourth-order valence-corrected chi connectivity index (χ4v) is 2.54. The van der Waals surface area contributed by atoms with Gasteiger partial charge in [0.25, 0.3) is 0 Å². The minimum absolute atomic E-state index is 0.0175. The number of aromatic amines is 1. The van der Waals surface area contributed by atoms with Crippen LogP contribution in [0.25, 0.3) is 11.0 Å². The Labute approximate surface area is 127 Å². The molecule has 0 fully saturated rings. The van der Waals surface area contributed by atoms with Crippen molar-refractivity contribution in [2.45, 2.75) is 37.2 Å². The number of fused-ring (bicyclic) bond motifs is 1. The zero-order chi connectivity index (χ0) is 15.4. The van der Waals surface area contributed by atoms with Crippen molar-refractivity contribution in [3.05, 3.63) is 24.3 Å². The normalized spacial score (nSPS) is 12.4. The number of nitrogens with one attached hydrogen (secondary N) is 3. The quantitative estimate of drug-likeness (QED) is 0.756. The second-order valence-electron chi connectivity index (χ2n) is 4.94. The molecule has 0 radical (unpaired) electrons. The summed E-state index contributed by atoms with van der Waals surface area (Å²) in [5.41, 5.74) is 1.77. The van der Waals surface area contributed by atoms with Gasteiger partial charge in [-0.3, -0.25) is 10.1 Å². The number of hydrogen-bond acceptors (Lipinski definition) is 4. The number of para-hydroxylation sites is 2. The van der Waals surface area contributed by atoms with Crippen molar-refractivity contribution >= 4 is 34.7 Å². The van der Waals surface area contributed by atoms with E-state index in [0.29, 0.717) is 5.16 Å². The summed E-state index contributed by atoms with van der Waals surface area (Å²) in [6.07, 6.45) is 0. The van der Waals surface area contributed by atoms with Crippen molar-refractivity contribution in [3.63, 3.8) is 0 Å². The van der Waals surface area contributed by atoms with E-state index in [2.05, 4.69) is 20.6 Å². The predicted molar refractivity (Wildman–Crippen MR) is 83.2 cm³/mol. The van der Waals surface area contributed by atoms with Crippen LogP contribution in [-0.2, 0) is 4.79 Å². The average Bonchev–Trinajstić information content (AvgIpc) is 2.79. The summed E-state index contributed by atoms with van der Waals surface area (Å²) in [6, 6.07) is 7.15. The molecule has 6 nitrogen and oxygen atoms in total. The molecule has 0 aliphatic rings. The molecule has 21 heavy (non-hydrogen) atoms. The Morgan fingerprint density at radius 3 is 2.62 bits per heavy atom. The maximum absolute atomic E-state index is 11.9. The van der Waals surface area contributed by atoms with Gasteiger partial charge in [-0.05, 0) is 32.9 Å². The predicted octanol–water partition coefficient (Wildman–Crippen LogP) is 2.28. The van der Waals surface area contributed by atoms with Crippen LogP contribution in [0.2, 0.25) is 0 Å². The number of urea groups is 1. The molecule has 0 spiro atoms. The summed E-state index contributed by atoms with van der Waals surface area (Å²) in [5.74, 6) is -0.349. The molecule has 0 unspecified atom stereocenters. The number of thioether (sulfide) groups is 1. The Hall–Kier alpha value is -2.02. The average molecular weight is 306 g/mol. The largest absolute Gasteiger partial charge is 0.336 e. The third kappa shape index (κ3) is 4.22. The molecular weight excluding hydrogens is 288 g/mol.